The van der Waals surface area contributed by atoms with Crippen LogP contribution in [0.3, 0.4) is 0 Å². The molecule has 0 atom stereocenters. The number of nitrogens with zero attached hydrogens (tertiary/aromatic N) is 2. The fraction of sp³-hybridized carbons (Fsp3) is 0.231. The highest BCUT2D eigenvalue weighted by atomic mass is 16.5. The minimum Gasteiger partial charge on any atom is -0.492 e. The van der Waals surface area contributed by atoms with E-state index in [0.717, 1.165) is 17.7 Å². The standard InChI is InChI=1S/C13H12N2O2/c1-15-7-11(14-8-15)12(16)10-4-2-3-9-5-6-17-13(9)10/h2-4,7-8H,5-6H2,1H3. The SMILES string of the molecule is Cn1cnc(C(=O)c2cccc3c2OCC3)c1. The lowest BCUT2D eigenvalue weighted by Gasteiger charge is -2.05. The van der Waals surface area contributed by atoms with E-state index in [1.54, 1.807) is 23.2 Å². The highest BCUT2D eigenvalue weighted by Gasteiger charge is 2.22. The molecule has 4 nitrogen and oxygen atoms in total. The summed E-state index contributed by atoms with van der Waals surface area (Å²) in [5.41, 5.74) is 2.17. The molecule has 0 fully saturated rings. The molecule has 3 rings (SSSR count). The van der Waals surface area contributed by atoms with Crippen LogP contribution < -0.4 is 4.74 Å². The van der Waals surface area contributed by atoms with Gasteiger partial charge < -0.3 is 9.30 Å². The highest BCUT2D eigenvalue weighted by molar-refractivity contribution is 6.09. The molecular formula is C13H12N2O2. The Kier molecular flexibility index (Phi) is 2.21. The van der Waals surface area contributed by atoms with Crippen LogP contribution in [0.25, 0.3) is 0 Å². The molecule has 86 valence electrons. The Bertz CT molecular complexity index is 587. The van der Waals surface area contributed by atoms with Crippen LogP contribution in [0.2, 0.25) is 0 Å². The molecule has 4 heteroatoms. The lowest BCUT2D eigenvalue weighted by Crippen LogP contribution is -2.04. The van der Waals surface area contributed by atoms with E-state index in [4.69, 9.17) is 4.74 Å². The van der Waals surface area contributed by atoms with Crippen LogP contribution in [0.1, 0.15) is 21.6 Å². The molecule has 0 amide bonds. The molecule has 2 aromatic rings. The van der Waals surface area contributed by atoms with Crippen molar-refractivity contribution in [2.45, 2.75) is 6.42 Å². The molecule has 0 saturated carbocycles. The van der Waals surface area contributed by atoms with Gasteiger partial charge in [0.1, 0.15) is 11.4 Å². The average molecular weight is 228 g/mol. The summed E-state index contributed by atoms with van der Waals surface area (Å²) in [6.07, 6.45) is 4.21. The Hall–Kier alpha value is -2.10. The number of ether oxygens (including phenoxy) is 1. The van der Waals surface area contributed by atoms with E-state index in [9.17, 15) is 4.79 Å². The Morgan fingerprint density at radius 1 is 1.47 bits per heavy atom. The first-order valence-electron chi connectivity index (χ1n) is 5.53. The predicted molar refractivity (Wildman–Crippen MR) is 62.3 cm³/mol. The van der Waals surface area contributed by atoms with Crippen LogP contribution in [0, 0.1) is 0 Å². The number of hydrogen-bond acceptors (Lipinski definition) is 3. The van der Waals surface area contributed by atoms with Gasteiger partial charge in [-0.2, -0.15) is 0 Å². The molecule has 0 radical (unpaired) electrons. The molecule has 17 heavy (non-hydrogen) atoms. The third-order valence-corrected chi connectivity index (χ3v) is 2.90. The van der Waals surface area contributed by atoms with Crippen molar-refractivity contribution in [3.8, 4) is 5.75 Å². The third kappa shape index (κ3) is 1.62. The lowest BCUT2D eigenvalue weighted by atomic mass is 10.0. The second kappa shape index (κ2) is 3.73. The van der Waals surface area contributed by atoms with E-state index in [2.05, 4.69) is 4.98 Å². The van der Waals surface area contributed by atoms with Gasteiger partial charge in [-0.1, -0.05) is 12.1 Å². The zero-order valence-electron chi connectivity index (χ0n) is 9.51. The van der Waals surface area contributed by atoms with E-state index in [1.807, 2.05) is 19.2 Å². The van der Waals surface area contributed by atoms with Crippen LogP contribution >= 0.6 is 0 Å². The number of imidazole rings is 1. The second-order valence-corrected chi connectivity index (χ2v) is 4.15. The van der Waals surface area contributed by atoms with Gasteiger partial charge in [-0.25, -0.2) is 4.98 Å². The summed E-state index contributed by atoms with van der Waals surface area (Å²) < 4.78 is 7.28. The number of carbonyl (C=O) groups excluding carboxylic acids is 1. The molecule has 1 aromatic heterocycles. The quantitative estimate of drug-likeness (QED) is 0.733. The van der Waals surface area contributed by atoms with Crippen molar-refractivity contribution in [1.82, 2.24) is 9.55 Å². The summed E-state index contributed by atoms with van der Waals surface area (Å²) in [6, 6.07) is 5.68. The summed E-state index contributed by atoms with van der Waals surface area (Å²) >= 11 is 0. The van der Waals surface area contributed by atoms with Gasteiger partial charge in [0.25, 0.3) is 0 Å². The zero-order valence-corrected chi connectivity index (χ0v) is 9.51. The summed E-state index contributed by atoms with van der Waals surface area (Å²) in [5, 5.41) is 0. The van der Waals surface area contributed by atoms with E-state index >= 15 is 0 Å². The van der Waals surface area contributed by atoms with Crippen molar-refractivity contribution < 1.29 is 9.53 Å². The van der Waals surface area contributed by atoms with Gasteiger partial charge in [-0.15, -0.1) is 0 Å². The van der Waals surface area contributed by atoms with Crippen molar-refractivity contribution in [3.05, 3.63) is 47.5 Å². The number of hydrogen-bond donors (Lipinski definition) is 0. The Morgan fingerprint density at radius 2 is 2.35 bits per heavy atom. The van der Waals surface area contributed by atoms with Crippen molar-refractivity contribution in [2.75, 3.05) is 6.61 Å². The van der Waals surface area contributed by atoms with Gasteiger partial charge in [-0.3, -0.25) is 4.79 Å². The number of fused-ring (bicyclic) bond motifs is 1. The van der Waals surface area contributed by atoms with Gasteiger partial charge in [0, 0.05) is 19.7 Å². The number of ketones is 1. The molecule has 0 spiro atoms. The Labute approximate surface area is 98.9 Å². The van der Waals surface area contributed by atoms with Crippen molar-refractivity contribution in [3.63, 3.8) is 0 Å². The molecule has 1 aliphatic rings. The molecule has 0 unspecified atom stereocenters. The summed E-state index contributed by atoms with van der Waals surface area (Å²) in [7, 11) is 1.84. The maximum atomic E-state index is 12.3. The molecule has 2 heterocycles. The Balaban J connectivity index is 2.05. The fourth-order valence-corrected chi connectivity index (χ4v) is 2.06. The molecular weight excluding hydrogens is 216 g/mol. The molecule has 1 aromatic carbocycles. The maximum absolute atomic E-state index is 12.3. The normalized spacial score (nSPS) is 13.2. The minimum atomic E-state index is -0.0793. The number of aromatic nitrogens is 2. The number of aryl methyl sites for hydroxylation is 1. The lowest BCUT2D eigenvalue weighted by molar-refractivity contribution is 0.103. The van der Waals surface area contributed by atoms with Crippen molar-refractivity contribution in [1.29, 1.82) is 0 Å². The fourth-order valence-electron chi connectivity index (χ4n) is 2.06. The van der Waals surface area contributed by atoms with Crippen LogP contribution in [-0.2, 0) is 13.5 Å². The number of para-hydroxylation sites is 1. The number of rotatable bonds is 2. The number of carbonyl (C=O) groups is 1. The first kappa shape index (κ1) is 10.1. The van der Waals surface area contributed by atoms with E-state index in [-0.39, 0.29) is 5.78 Å². The van der Waals surface area contributed by atoms with Crippen LogP contribution in [0.4, 0.5) is 0 Å². The molecule has 0 N–H and O–H groups in total. The van der Waals surface area contributed by atoms with E-state index < -0.39 is 0 Å². The van der Waals surface area contributed by atoms with E-state index in [0.29, 0.717) is 17.9 Å². The maximum Gasteiger partial charge on any atom is 0.216 e. The van der Waals surface area contributed by atoms with Gasteiger partial charge >= 0.3 is 0 Å². The van der Waals surface area contributed by atoms with Crippen LogP contribution in [0.5, 0.6) is 5.75 Å². The monoisotopic (exact) mass is 228 g/mol. The Morgan fingerprint density at radius 3 is 3.12 bits per heavy atom. The van der Waals surface area contributed by atoms with Crippen LogP contribution in [-0.4, -0.2) is 21.9 Å². The average Bonchev–Trinajstić information content (AvgIpc) is 2.95. The van der Waals surface area contributed by atoms with Crippen molar-refractivity contribution >= 4 is 5.78 Å². The predicted octanol–water partition coefficient (Wildman–Crippen LogP) is 1.59. The first-order valence-corrected chi connectivity index (χ1v) is 5.53. The topological polar surface area (TPSA) is 44.1 Å². The highest BCUT2D eigenvalue weighted by Crippen LogP contribution is 2.30. The van der Waals surface area contributed by atoms with Crippen LogP contribution in [0.15, 0.2) is 30.7 Å². The first-order chi connectivity index (χ1) is 8.25. The summed E-state index contributed by atoms with van der Waals surface area (Å²) in [5.74, 6) is 0.646. The third-order valence-electron chi connectivity index (χ3n) is 2.90. The molecule has 1 aliphatic heterocycles. The van der Waals surface area contributed by atoms with Gasteiger partial charge in [-0.05, 0) is 11.6 Å². The minimum absolute atomic E-state index is 0.0793. The van der Waals surface area contributed by atoms with Gasteiger partial charge in [0.15, 0.2) is 0 Å². The second-order valence-electron chi connectivity index (χ2n) is 4.15. The molecule has 0 saturated heterocycles. The van der Waals surface area contributed by atoms with E-state index in [1.165, 1.54) is 0 Å². The molecule has 0 bridgehead atoms. The smallest absolute Gasteiger partial charge is 0.216 e. The summed E-state index contributed by atoms with van der Waals surface area (Å²) in [4.78, 5) is 16.3. The van der Waals surface area contributed by atoms with Gasteiger partial charge in [0.2, 0.25) is 5.78 Å². The largest absolute Gasteiger partial charge is 0.492 e. The van der Waals surface area contributed by atoms with Gasteiger partial charge in [0.05, 0.1) is 18.5 Å². The summed E-state index contributed by atoms with van der Waals surface area (Å²) in [6.45, 7) is 0.655. The number of benzene rings is 1. The zero-order chi connectivity index (χ0) is 11.8. The van der Waals surface area contributed by atoms with Crippen molar-refractivity contribution in [2.24, 2.45) is 7.05 Å². The molecule has 0 aliphatic carbocycles.